The Hall–Kier alpha value is -1.13. The van der Waals surface area contributed by atoms with Crippen LogP contribution >= 0.6 is 0 Å². The Kier molecular flexibility index (Phi) is 3.74. The topological polar surface area (TPSA) is 35.5 Å². The Morgan fingerprint density at radius 2 is 2.25 bits per heavy atom. The predicted molar refractivity (Wildman–Crippen MR) is 62.1 cm³/mol. The average molecular weight is 224 g/mol. The zero-order chi connectivity index (χ0) is 11.4. The summed E-state index contributed by atoms with van der Waals surface area (Å²) in [4.78, 5) is 2.00. The Bertz CT molecular complexity index is 346. The van der Waals surface area contributed by atoms with E-state index in [0.717, 1.165) is 19.5 Å². The van der Waals surface area contributed by atoms with Gasteiger partial charge in [0.1, 0.15) is 5.82 Å². The van der Waals surface area contributed by atoms with Crippen LogP contribution in [0.25, 0.3) is 0 Å². The molecule has 88 valence electrons. The summed E-state index contributed by atoms with van der Waals surface area (Å²) in [5.74, 6) is -0.193. The van der Waals surface area contributed by atoms with Crippen LogP contribution in [0.5, 0.6) is 0 Å². The molecule has 1 aliphatic heterocycles. The van der Waals surface area contributed by atoms with E-state index in [1.54, 1.807) is 12.1 Å². The second kappa shape index (κ2) is 5.27. The normalized spacial score (nSPS) is 21.9. The van der Waals surface area contributed by atoms with E-state index in [4.69, 9.17) is 5.11 Å². The largest absolute Gasteiger partial charge is 0.395 e. The molecule has 1 saturated heterocycles. The lowest BCUT2D eigenvalue weighted by atomic mass is 10.2. The number of nitrogens with one attached hydrogen (secondary N) is 1. The van der Waals surface area contributed by atoms with Crippen LogP contribution in [0.1, 0.15) is 6.42 Å². The number of anilines is 1. The number of hydrogen-bond donors (Lipinski definition) is 2. The zero-order valence-electron chi connectivity index (χ0n) is 9.19. The van der Waals surface area contributed by atoms with Gasteiger partial charge in [-0.15, -0.1) is 0 Å². The van der Waals surface area contributed by atoms with Gasteiger partial charge in [0.05, 0.1) is 12.3 Å². The monoisotopic (exact) mass is 224 g/mol. The van der Waals surface area contributed by atoms with Crippen LogP contribution in [-0.4, -0.2) is 37.4 Å². The van der Waals surface area contributed by atoms with E-state index >= 15 is 0 Å². The van der Waals surface area contributed by atoms with Crippen molar-refractivity contribution in [3.05, 3.63) is 30.1 Å². The van der Waals surface area contributed by atoms with Gasteiger partial charge in [-0.1, -0.05) is 12.1 Å². The number of para-hydroxylation sites is 1. The first kappa shape index (κ1) is 11.4. The molecule has 1 unspecified atom stereocenters. The molecule has 0 aromatic heterocycles. The molecule has 3 nitrogen and oxygen atoms in total. The summed E-state index contributed by atoms with van der Waals surface area (Å²) in [6, 6.07) is 6.82. The summed E-state index contributed by atoms with van der Waals surface area (Å²) in [6.07, 6.45) is 0.963. The summed E-state index contributed by atoms with van der Waals surface area (Å²) in [5, 5.41) is 12.4. The minimum atomic E-state index is -0.193. The van der Waals surface area contributed by atoms with Crippen LogP contribution in [0, 0.1) is 5.82 Å². The fourth-order valence-corrected chi connectivity index (χ4v) is 2.05. The van der Waals surface area contributed by atoms with Gasteiger partial charge in [-0.25, -0.2) is 4.39 Å². The molecule has 1 aromatic carbocycles. The first-order valence-electron chi connectivity index (χ1n) is 5.65. The molecule has 1 aromatic rings. The number of aliphatic hydroxyl groups excluding tert-OH is 1. The minimum absolute atomic E-state index is 0.0297. The molecule has 1 fully saturated rings. The zero-order valence-corrected chi connectivity index (χ0v) is 9.19. The minimum Gasteiger partial charge on any atom is -0.395 e. The Morgan fingerprint density at radius 1 is 1.44 bits per heavy atom. The van der Waals surface area contributed by atoms with Crippen molar-refractivity contribution in [3.63, 3.8) is 0 Å². The first-order chi connectivity index (χ1) is 7.81. The molecular formula is C12H17FN2O. The molecule has 1 atom stereocenters. The van der Waals surface area contributed by atoms with Crippen LogP contribution < -0.4 is 10.2 Å². The quantitative estimate of drug-likeness (QED) is 0.786. The lowest BCUT2D eigenvalue weighted by Gasteiger charge is -2.25. The standard InChI is InChI=1S/C12H17FN2O/c13-11-4-1-2-5-12(11)15-7-3-6-14-10(8-15)9-16/h1-2,4-5,10,14,16H,3,6-9H2. The summed E-state index contributed by atoms with van der Waals surface area (Å²) in [6.45, 7) is 2.43. The Balaban J connectivity index is 2.16. The van der Waals surface area contributed by atoms with E-state index in [1.165, 1.54) is 6.07 Å². The van der Waals surface area contributed by atoms with Gasteiger partial charge >= 0.3 is 0 Å². The number of aliphatic hydroxyl groups is 1. The van der Waals surface area contributed by atoms with Gasteiger partial charge < -0.3 is 15.3 Å². The van der Waals surface area contributed by atoms with Gasteiger partial charge in [-0.3, -0.25) is 0 Å². The Labute approximate surface area is 94.9 Å². The predicted octanol–water partition coefficient (Wildman–Crippen LogP) is 0.986. The van der Waals surface area contributed by atoms with Crippen molar-refractivity contribution in [2.45, 2.75) is 12.5 Å². The average Bonchev–Trinajstić information content (AvgIpc) is 2.55. The van der Waals surface area contributed by atoms with E-state index in [1.807, 2.05) is 11.0 Å². The number of halogens is 1. The molecule has 0 radical (unpaired) electrons. The smallest absolute Gasteiger partial charge is 0.146 e. The summed E-state index contributed by atoms with van der Waals surface area (Å²) >= 11 is 0. The molecule has 16 heavy (non-hydrogen) atoms. The molecule has 0 bridgehead atoms. The molecule has 2 N–H and O–H groups in total. The van der Waals surface area contributed by atoms with Crippen LogP contribution in [0.3, 0.4) is 0 Å². The highest BCUT2D eigenvalue weighted by Gasteiger charge is 2.18. The summed E-state index contributed by atoms with van der Waals surface area (Å²) in [7, 11) is 0. The third-order valence-corrected chi connectivity index (χ3v) is 2.89. The fraction of sp³-hybridized carbons (Fsp3) is 0.500. The van der Waals surface area contributed by atoms with Gasteiger partial charge in [0.25, 0.3) is 0 Å². The number of hydrogen-bond acceptors (Lipinski definition) is 3. The van der Waals surface area contributed by atoms with Crippen molar-refractivity contribution in [1.29, 1.82) is 0 Å². The molecule has 2 rings (SSSR count). The molecule has 0 spiro atoms. The van der Waals surface area contributed by atoms with Gasteiger partial charge in [0.2, 0.25) is 0 Å². The number of rotatable bonds is 2. The van der Waals surface area contributed by atoms with E-state index in [0.29, 0.717) is 12.2 Å². The summed E-state index contributed by atoms with van der Waals surface area (Å²) in [5.41, 5.74) is 0.629. The highest BCUT2D eigenvalue weighted by Crippen LogP contribution is 2.19. The second-order valence-corrected chi connectivity index (χ2v) is 4.08. The second-order valence-electron chi connectivity index (χ2n) is 4.08. The summed E-state index contributed by atoms with van der Waals surface area (Å²) < 4.78 is 13.6. The van der Waals surface area contributed by atoms with Crippen molar-refractivity contribution in [1.82, 2.24) is 5.32 Å². The van der Waals surface area contributed by atoms with E-state index in [9.17, 15) is 4.39 Å². The van der Waals surface area contributed by atoms with E-state index in [-0.39, 0.29) is 18.5 Å². The third kappa shape index (κ3) is 2.51. The van der Waals surface area contributed by atoms with E-state index < -0.39 is 0 Å². The van der Waals surface area contributed by atoms with Gasteiger partial charge in [0, 0.05) is 19.1 Å². The first-order valence-corrected chi connectivity index (χ1v) is 5.65. The van der Waals surface area contributed by atoms with Crippen molar-refractivity contribution in [2.24, 2.45) is 0 Å². The van der Waals surface area contributed by atoms with Crippen molar-refractivity contribution >= 4 is 5.69 Å². The third-order valence-electron chi connectivity index (χ3n) is 2.89. The van der Waals surface area contributed by atoms with Crippen molar-refractivity contribution in [2.75, 3.05) is 31.1 Å². The van der Waals surface area contributed by atoms with Crippen LogP contribution in [0.15, 0.2) is 24.3 Å². The molecule has 0 saturated carbocycles. The highest BCUT2D eigenvalue weighted by atomic mass is 19.1. The maximum atomic E-state index is 13.6. The number of nitrogens with zero attached hydrogens (tertiary/aromatic N) is 1. The molecule has 1 heterocycles. The molecule has 4 heteroatoms. The van der Waals surface area contributed by atoms with Crippen molar-refractivity contribution < 1.29 is 9.50 Å². The van der Waals surface area contributed by atoms with Gasteiger partial charge in [-0.2, -0.15) is 0 Å². The van der Waals surface area contributed by atoms with E-state index in [2.05, 4.69) is 5.32 Å². The van der Waals surface area contributed by atoms with Crippen LogP contribution in [-0.2, 0) is 0 Å². The lowest BCUT2D eigenvalue weighted by Crippen LogP contribution is -2.40. The maximum absolute atomic E-state index is 13.6. The van der Waals surface area contributed by atoms with Crippen LogP contribution in [0.4, 0.5) is 10.1 Å². The maximum Gasteiger partial charge on any atom is 0.146 e. The van der Waals surface area contributed by atoms with Gasteiger partial charge in [-0.05, 0) is 25.1 Å². The number of benzene rings is 1. The lowest BCUT2D eigenvalue weighted by molar-refractivity contribution is 0.248. The fourth-order valence-electron chi connectivity index (χ4n) is 2.05. The molecule has 1 aliphatic rings. The molecular weight excluding hydrogens is 207 g/mol. The van der Waals surface area contributed by atoms with Crippen molar-refractivity contribution in [3.8, 4) is 0 Å². The van der Waals surface area contributed by atoms with Crippen LogP contribution in [0.2, 0.25) is 0 Å². The molecule has 0 aliphatic carbocycles. The highest BCUT2D eigenvalue weighted by molar-refractivity contribution is 5.47. The van der Waals surface area contributed by atoms with Gasteiger partial charge in [0.15, 0.2) is 0 Å². The Morgan fingerprint density at radius 3 is 3.00 bits per heavy atom. The molecule has 0 amide bonds. The SMILES string of the molecule is OCC1CN(c2ccccc2F)CCCN1.